The first-order valence-electron chi connectivity index (χ1n) is 6.38. The Balaban J connectivity index is 1.85. The molecule has 0 fully saturated rings. The topological polar surface area (TPSA) is 73.3 Å². The molecule has 0 aliphatic carbocycles. The number of thioether (sulfide) groups is 1. The molecule has 0 aliphatic heterocycles. The molecule has 0 saturated heterocycles. The first-order chi connectivity index (χ1) is 10.0. The quantitative estimate of drug-likeness (QED) is 0.593. The van der Waals surface area contributed by atoms with E-state index in [1.807, 2.05) is 32.0 Å². The Labute approximate surface area is 129 Å². The van der Waals surface area contributed by atoms with Crippen LogP contribution in [-0.4, -0.2) is 14.6 Å². The van der Waals surface area contributed by atoms with E-state index in [9.17, 15) is 4.79 Å². The van der Waals surface area contributed by atoms with Crippen molar-refractivity contribution in [2.24, 2.45) is 0 Å². The molecule has 5 nitrogen and oxygen atoms in total. The number of rotatable bonds is 3. The summed E-state index contributed by atoms with van der Waals surface area (Å²) in [6.45, 7) is 3.82. The lowest BCUT2D eigenvalue weighted by Crippen LogP contribution is -2.14. The van der Waals surface area contributed by atoms with Crippen molar-refractivity contribution < 1.29 is 0 Å². The Hall–Kier alpha value is -1.86. The van der Waals surface area contributed by atoms with Crippen LogP contribution in [0.3, 0.4) is 0 Å². The maximum absolute atomic E-state index is 11.8. The van der Waals surface area contributed by atoms with Crippen molar-refractivity contribution in [1.29, 1.82) is 0 Å². The molecule has 0 bridgehead atoms. The van der Waals surface area contributed by atoms with Gasteiger partial charge in [-0.05, 0) is 31.5 Å². The summed E-state index contributed by atoms with van der Waals surface area (Å²) in [5.74, 6) is 0.666. The van der Waals surface area contributed by atoms with E-state index in [0.717, 1.165) is 21.2 Å². The number of nitrogens with two attached hydrogens (primary N) is 1. The van der Waals surface area contributed by atoms with Gasteiger partial charge in [0.25, 0.3) is 5.56 Å². The maximum atomic E-state index is 11.8. The third-order valence-electron chi connectivity index (χ3n) is 2.93. The molecule has 0 aliphatic rings. The van der Waals surface area contributed by atoms with Crippen LogP contribution in [0.25, 0.3) is 4.96 Å². The molecule has 21 heavy (non-hydrogen) atoms. The van der Waals surface area contributed by atoms with Crippen molar-refractivity contribution in [2.75, 3.05) is 5.73 Å². The zero-order valence-electron chi connectivity index (χ0n) is 11.7. The number of aryl methyl sites for hydroxylation is 2. The molecule has 0 radical (unpaired) electrons. The first kappa shape index (κ1) is 14.1. The highest BCUT2D eigenvalue weighted by molar-refractivity contribution is 7.98. The molecule has 0 unspecified atom stereocenters. The van der Waals surface area contributed by atoms with Gasteiger partial charge in [-0.1, -0.05) is 17.4 Å². The van der Waals surface area contributed by atoms with Crippen LogP contribution < -0.4 is 11.3 Å². The van der Waals surface area contributed by atoms with Crippen molar-refractivity contribution in [3.63, 3.8) is 0 Å². The van der Waals surface area contributed by atoms with Crippen LogP contribution in [0.2, 0.25) is 0 Å². The Morgan fingerprint density at radius 3 is 2.90 bits per heavy atom. The van der Waals surface area contributed by atoms with Gasteiger partial charge in [-0.2, -0.15) is 9.61 Å². The van der Waals surface area contributed by atoms with Gasteiger partial charge in [-0.15, -0.1) is 11.8 Å². The van der Waals surface area contributed by atoms with Crippen LogP contribution >= 0.6 is 23.1 Å². The summed E-state index contributed by atoms with van der Waals surface area (Å²) in [6, 6.07) is 7.49. The summed E-state index contributed by atoms with van der Waals surface area (Å²) in [6.07, 6.45) is 0. The number of hydrogen-bond acceptors (Lipinski definition) is 6. The minimum atomic E-state index is -0.139. The highest BCUT2D eigenvalue weighted by Gasteiger charge is 2.09. The summed E-state index contributed by atoms with van der Waals surface area (Å²) in [4.78, 5) is 17.8. The first-order valence-corrected chi connectivity index (χ1v) is 8.18. The summed E-state index contributed by atoms with van der Waals surface area (Å²) >= 11 is 3.05. The second-order valence-corrected chi connectivity index (χ2v) is 6.81. The van der Waals surface area contributed by atoms with Gasteiger partial charge in [-0.3, -0.25) is 4.79 Å². The molecule has 2 N–H and O–H groups in total. The van der Waals surface area contributed by atoms with Gasteiger partial charge < -0.3 is 5.73 Å². The number of nitrogen functional groups attached to an aromatic ring is 1. The fourth-order valence-corrected chi connectivity index (χ4v) is 3.84. The normalized spacial score (nSPS) is 11.1. The van der Waals surface area contributed by atoms with Gasteiger partial charge in [0.1, 0.15) is 5.01 Å². The molecule has 7 heteroatoms. The maximum Gasteiger partial charge on any atom is 0.275 e. The highest BCUT2D eigenvalue weighted by Crippen LogP contribution is 2.29. The van der Waals surface area contributed by atoms with Crippen molar-refractivity contribution in [3.05, 3.63) is 50.9 Å². The Bertz CT molecular complexity index is 869. The number of aromatic nitrogens is 3. The van der Waals surface area contributed by atoms with Gasteiger partial charge >= 0.3 is 0 Å². The lowest BCUT2D eigenvalue weighted by atomic mass is 10.2. The molecular formula is C14H14N4OS2. The van der Waals surface area contributed by atoms with Crippen molar-refractivity contribution in [1.82, 2.24) is 14.6 Å². The molecule has 0 atom stereocenters. The summed E-state index contributed by atoms with van der Waals surface area (Å²) in [7, 11) is 0. The van der Waals surface area contributed by atoms with Crippen molar-refractivity contribution in [3.8, 4) is 0 Å². The molecule has 2 aromatic heterocycles. The number of fused-ring (bicyclic) bond motifs is 1. The summed E-state index contributed by atoms with van der Waals surface area (Å²) < 4.78 is 1.35. The lowest BCUT2D eigenvalue weighted by Gasteiger charge is -2.04. The van der Waals surface area contributed by atoms with E-state index in [1.54, 1.807) is 11.8 Å². The van der Waals surface area contributed by atoms with Crippen LogP contribution in [-0.2, 0) is 5.75 Å². The van der Waals surface area contributed by atoms with Gasteiger partial charge in [0.05, 0.1) is 5.75 Å². The second kappa shape index (κ2) is 5.50. The van der Waals surface area contributed by atoms with E-state index in [2.05, 4.69) is 10.1 Å². The van der Waals surface area contributed by atoms with E-state index in [0.29, 0.717) is 16.4 Å². The van der Waals surface area contributed by atoms with Crippen molar-refractivity contribution >= 4 is 33.7 Å². The second-order valence-electron chi connectivity index (χ2n) is 4.76. The molecule has 3 aromatic rings. The Morgan fingerprint density at radius 2 is 2.14 bits per heavy atom. The molecule has 0 amide bonds. The van der Waals surface area contributed by atoms with Crippen molar-refractivity contribution in [2.45, 2.75) is 24.5 Å². The van der Waals surface area contributed by atoms with Crippen LogP contribution in [0.5, 0.6) is 0 Å². The zero-order chi connectivity index (χ0) is 15.0. The summed E-state index contributed by atoms with van der Waals surface area (Å²) in [5, 5.41) is 5.17. The monoisotopic (exact) mass is 318 g/mol. The fraction of sp³-hybridized carbons (Fsp3) is 0.214. The molecule has 2 heterocycles. The van der Waals surface area contributed by atoms with Gasteiger partial charge in [-0.25, -0.2) is 4.98 Å². The molecule has 0 saturated carbocycles. The van der Waals surface area contributed by atoms with E-state index >= 15 is 0 Å². The van der Waals surface area contributed by atoms with Gasteiger partial charge in [0.2, 0.25) is 4.96 Å². The SMILES string of the molecule is Cc1ccc(SCc2nn3c(=O)cc(C)nc3s2)c(N)c1. The minimum absolute atomic E-state index is 0.139. The van der Waals surface area contributed by atoms with Gasteiger partial charge in [0.15, 0.2) is 0 Å². The Morgan fingerprint density at radius 1 is 1.33 bits per heavy atom. The molecule has 1 aromatic carbocycles. The van der Waals surface area contributed by atoms with Crippen LogP contribution in [0.4, 0.5) is 5.69 Å². The van der Waals surface area contributed by atoms with Crippen LogP contribution in [0.15, 0.2) is 34.0 Å². The number of benzene rings is 1. The van der Waals surface area contributed by atoms with E-state index in [4.69, 9.17) is 5.73 Å². The number of anilines is 1. The largest absolute Gasteiger partial charge is 0.398 e. The Kier molecular flexibility index (Phi) is 3.69. The average molecular weight is 318 g/mol. The lowest BCUT2D eigenvalue weighted by molar-refractivity contribution is 0.870. The third kappa shape index (κ3) is 2.93. The predicted molar refractivity (Wildman–Crippen MR) is 87.0 cm³/mol. The third-order valence-corrected chi connectivity index (χ3v) is 5.12. The van der Waals surface area contributed by atoms with E-state index < -0.39 is 0 Å². The summed E-state index contributed by atoms with van der Waals surface area (Å²) in [5.41, 5.74) is 8.49. The molecule has 108 valence electrons. The predicted octanol–water partition coefficient (Wildman–Crippen LogP) is 2.64. The zero-order valence-corrected chi connectivity index (χ0v) is 13.3. The molecule has 3 rings (SSSR count). The highest BCUT2D eigenvalue weighted by atomic mass is 32.2. The molecular weight excluding hydrogens is 304 g/mol. The fourth-order valence-electron chi connectivity index (χ4n) is 1.96. The minimum Gasteiger partial charge on any atom is -0.398 e. The molecule has 0 spiro atoms. The van der Waals surface area contributed by atoms with Crippen LogP contribution in [0, 0.1) is 13.8 Å². The van der Waals surface area contributed by atoms with Gasteiger partial charge in [0, 0.05) is 22.3 Å². The average Bonchev–Trinajstić information content (AvgIpc) is 2.81. The standard InChI is InChI=1S/C14H14N4OS2/c1-8-3-4-11(10(15)5-8)20-7-12-17-18-13(19)6-9(2)16-14(18)21-12/h3-6H,7,15H2,1-2H3. The van der Waals surface area contributed by atoms with E-state index in [1.165, 1.54) is 21.9 Å². The smallest absolute Gasteiger partial charge is 0.275 e. The van der Waals surface area contributed by atoms with E-state index in [-0.39, 0.29) is 5.56 Å². The van der Waals surface area contributed by atoms with Crippen LogP contribution in [0.1, 0.15) is 16.3 Å². The number of nitrogens with zero attached hydrogens (tertiary/aromatic N) is 3. The number of hydrogen-bond donors (Lipinski definition) is 1.